The van der Waals surface area contributed by atoms with E-state index in [1.165, 1.54) is 0 Å². The Morgan fingerprint density at radius 2 is 2.20 bits per heavy atom. The van der Waals surface area contributed by atoms with Gasteiger partial charge in [0.15, 0.2) is 6.61 Å². The molecule has 0 aliphatic carbocycles. The Bertz CT molecular complexity index is 128. The molecular formula is C4H7F2NO3. The summed E-state index contributed by atoms with van der Waals surface area (Å²) in [6, 6.07) is 0. The van der Waals surface area contributed by atoms with Crippen molar-refractivity contribution in [1.29, 1.82) is 0 Å². The van der Waals surface area contributed by atoms with Gasteiger partial charge in [0.1, 0.15) is 0 Å². The molecule has 0 rings (SSSR count). The number of alkyl halides is 2. The first-order valence-corrected chi connectivity index (χ1v) is 2.41. The molecule has 3 N–H and O–H groups in total. The molecule has 0 amide bonds. The quantitative estimate of drug-likeness (QED) is 0.574. The maximum Gasteiger partial charge on any atom is 0.505 e. The molecule has 0 aliphatic heterocycles. The summed E-state index contributed by atoms with van der Waals surface area (Å²) in [5.74, 6) is -3.25. The van der Waals surface area contributed by atoms with Crippen molar-refractivity contribution >= 4 is 6.16 Å². The molecule has 0 aromatic carbocycles. The highest BCUT2D eigenvalue weighted by Crippen LogP contribution is 2.10. The smallest absolute Gasteiger partial charge is 0.450 e. The summed E-state index contributed by atoms with van der Waals surface area (Å²) in [7, 11) is 0. The topological polar surface area (TPSA) is 72.5 Å². The minimum atomic E-state index is -3.25. The summed E-state index contributed by atoms with van der Waals surface area (Å²) >= 11 is 0. The van der Waals surface area contributed by atoms with Crippen LogP contribution in [0.4, 0.5) is 13.6 Å². The number of rotatable bonds is 3. The second kappa shape index (κ2) is 3.31. The van der Waals surface area contributed by atoms with Crippen molar-refractivity contribution in [1.82, 2.24) is 0 Å². The van der Waals surface area contributed by atoms with Crippen LogP contribution in [0.15, 0.2) is 0 Å². The van der Waals surface area contributed by atoms with Gasteiger partial charge in [0.25, 0.3) is 5.92 Å². The fourth-order valence-electron chi connectivity index (χ4n) is 0.226. The lowest BCUT2D eigenvalue weighted by molar-refractivity contribution is -0.0560. The van der Waals surface area contributed by atoms with Crippen molar-refractivity contribution in [2.45, 2.75) is 5.92 Å². The van der Waals surface area contributed by atoms with E-state index in [2.05, 4.69) is 10.5 Å². The van der Waals surface area contributed by atoms with Crippen molar-refractivity contribution in [3.63, 3.8) is 0 Å². The van der Waals surface area contributed by atoms with Gasteiger partial charge in [-0.2, -0.15) is 0 Å². The highest BCUT2D eigenvalue weighted by molar-refractivity contribution is 5.56. The molecule has 6 heteroatoms. The van der Waals surface area contributed by atoms with Gasteiger partial charge in [-0.05, 0) is 0 Å². The van der Waals surface area contributed by atoms with Gasteiger partial charge < -0.3 is 15.6 Å². The molecule has 0 fully saturated rings. The summed E-state index contributed by atoms with van der Waals surface area (Å²) in [4.78, 5) is 9.57. The number of halogens is 2. The Hall–Kier alpha value is -0.910. The molecule has 0 saturated heterocycles. The first-order chi connectivity index (χ1) is 4.48. The van der Waals surface area contributed by atoms with E-state index in [1.807, 2.05) is 0 Å². The Kier molecular flexibility index (Phi) is 3.01. The second-order valence-electron chi connectivity index (χ2n) is 1.61. The van der Waals surface area contributed by atoms with Crippen LogP contribution in [-0.2, 0) is 4.74 Å². The van der Waals surface area contributed by atoms with Crippen molar-refractivity contribution in [3.8, 4) is 0 Å². The molecule has 0 aromatic rings. The van der Waals surface area contributed by atoms with Gasteiger partial charge in [0.05, 0.1) is 6.54 Å². The largest absolute Gasteiger partial charge is 0.505 e. The minimum Gasteiger partial charge on any atom is -0.450 e. The van der Waals surface area contributed by atoms with Gasteiger partial charge in [0.2, 0.25) is 0 Å². The molecule has 60 valence electrons. The van der Waals surface area contributed by atoms with Crippen LogP contribution >= 0.6 is 0 Å². The SMILES string of the molecule is NCC(F)(F)COC(=O)O. The minimum absolute atomic E-state index is 0.916. The third-order valence-electron chi connectivity index (χ3n) is 0.705. The Morgan fingerprint density at radius 3 is 2.50 bits per heavy atom. The van der Waals surface area contributed by atoms with Gasteiger partial charge in [-0.15, -0.1) is 0 Å². The van der Waals surface area contributed by atoms with Crippen molar-refractivity contribution in [3.05, 3.63) is 0 Å². The third kappa shape index (κ3) is 4.02. The van der Waals surface area contributed by atoms with E-state index in [4.69, 9.17) is 5.11 Å². The van der Waals surface area contributed by atoms with Crippen LogP contribution in [0.2, 0.25) is 0 Å². The van der Waals surface area contributed by atoms with Gasteiger partial charge >= 0.3 is 6.16 Å². The summed E-state index contributed by atoms with van der Waals surface area (Å²) in [5, 5.41) is 7.78. The van der Waals surface area contributed by atoms with Crippen LogP contribution in [0, 0.1) is 0 Å². The van der Waals surface area contributed by atoms with Crippen molar-refractivity contribution in [2.75, 3.05) is 13.2 Å². The molecular weight excluding hydrogens is 148 g/mol. The molecule has 0 atom stereocenters. The summed E-state index contributed by atoms with van der Waals surface area (Å²) in [5.41, 5.74) is 4.57. The normalized spacial score (nSPS) is 11.1. The van der Waals surface area contributed by atoms with E-state index >= 15 is 0 Å². The van der Waals surface area contributed by atoms with E-state index in [0.29, 0.717) is 0 Å². The fraction of sp³-hybridized carbons (Fsp3) is 0.750. The van der Waals surface area contributed by atoms with E-state index in [1.54, 1.807) is 0 Å². The van der Waals surface area contributed by atoms with Gasteiger partial charge in [-0.25, -0.2) is 13.6 Å². The lowest BCUT2D eigenvalue weighted by Crippen LogP contribution is -2.33. The lowest BCUT2D eigenvalue weighted by atomic mass is 10.4. The van der Waals surface area contributed by atoms with E-state index in [9.17, 15) is 13.6 Å². The molecule has 10 heavy (non-hydrogen) atoms. The molecule has 0 aliphatic rings. The van der Waals surface area contributed by atoms with Gasteiger partial charge in [-0.3, -0.25) is 0 Å². The van der Waals surface area contributed by atoms with Crippen LogP contribution in [0.5, 0.6) is 0 Å². The highest BCUT2D eigenvalue weighted by atomic mass is 19.3. The Morgan fingerprint density at radius 1 is 1.70 bits per heavy atom. The molecule has 0 aromatic heterocycles. The Labute approximate surface area is 55.6 Å². The zero-order valence-corrected chi connectivity index (χ0v) is 5.01. The first-order valence-electron chi connectivity index (χ1n) is 2.41. The predicted octanol–water partition coefficient (Wildman–Crippen LogP) is 0.275. The maximum absolute atomic E-state index is 12.0. The fourth-order valence-corrected chi connectivity index (χ4v) is 0.226. The van der Waals surface area contributed by atoms with Crippen LogP contribution < -0.4 is 5.73 Å². The molecule has 0 bridgehead atoms. The number of hydrogen-bond acceptors (Lipinski definition) is 3. The van der Waals surface area contributed by atoms with E-state index in [0.717, 1.165) is 0 Å². The number of carbonyl (C=O) groups is 1. The summed E-state index contributed by atoms with van der Waals surface area (Å²) in [6.07, 6.45) is -1.73. The number of carboxylic acid groups (broad SMARTS) is 1. The number of nitrogens with two attached hydrogens (primary N) is 1. The highest BCUT2D eigenvalue weighted by Gasteiger charge is 2.28. The zero-order chi connectivity index (χ0) is 8.20. The van der Waals surface area contributed by atoms with Gasteiger partial charge in [0, 0.05) is 0 Å². The third-order valence-corrected chi connectivity index (χ3v) is 0.705. The van der Waals surface area contributed by atoms with Gasteiger partial charge in [-0.1, -0.05) is 0 Å². The zero-order valence-electron chi connectivity index (χ0n) is 5.01. The summed E-state index contributed by atoms with van der Waals surface area (Å²) < 4.78 is 27.6. The van der Waals surface area contributed by atoms with Crippen LogP contribution in [-0.4, -0.2) is 30.3 Å². The Balaban J connectivity index is 3.56. The van der Waals surface area contributed by atoms with E-state index in [-0.39, 0.29) is 0 Å². The maximum atomic E-state index is 12.0. The molecule has 4 nitrogen and oxygen atoms in total. The number of hydrogen-bond donors (Lipinski definition) is 2. The first kappa shape index (κ1) is 9.09. The molecule has 0 radical (unpaired) electrons. The lowest BCUT2D eigenvalue weighted by Gasteiger charge is -2.11. The number of ether oxygens (including phenoxy) is 1. The average Bonchev–Trinajstić information content (AvgIpc) is 1.85. The average molecular weight is 155 g/mol. The molecule has 0 unspecified atom stereocenters. The molecule has 0 saturated carbocycles. The van der Waals surface area contributed by atoms with Crippen molar-refractivity contribution < 1.29 is 23.4 Å². The second-order valence-corrected chi connectivity index (χ2v) is 1.61. The van der Waals surface area contributed by atoms with Crippen LogP contribution in [0.3, 0.4) is 0 Å². The van der Waals surface area contributed by atoms with Crippen LogP contribution in [0.1, 0.15) is 0 Å². The molecule has 0 heterocycles. The van der Waals surface area contributed by atoms with Crippen LogP contribution in [0.25, 0.3) is 0 Å². The van der Waals surface area contributed by atoms with Crippen molar-refractivity contribution in [2.24, 2.45) is 5.73 Å². The predicted molar refractivity (Wildman–Crippen MR) is 28.0 cm³/mol. The summed E-state index contributed by atoms with van der Waals surface area (Å²) in [6.45, 7) is -2.10. The monoisotopic (exact) mass is 155 g/mol. The standard InChI is InChI=1S/C4H7F2NO3/c5-4(6,1-7)2-10-3(8)9/h1-2,7H2,(H,8,9). The van der Waals surface area contributed by atoms with E-state index < -0.39 is 25.2 Å². The molecule has 0 spiro atoms.